The molecule has 0 aliphatic heterocycles. The van der Waals surface area contributed by atoms with Gasteiger partial charge in [0.15, 0.2) is 0 Å². The molecule has 0 radical (unpaired) electrons. The fourth-order valence-electron chi connectivity index (χ4n) is 2.08. The summed E-state index contributed by atoms with van der Waals surface area (Å²) in [5, 5.41) is 0. The van der Waals surface area contributed by atoms with E-state index in [9.17, 15) is 0 Å². The lowest BCUT2D eigenvalue weighted by atomic mass is 10.1. The highest BCUT2D eigenvalue weighted by atomic mass is 35.5. The molecular formula is C18H33Cl. The van der Waals surface area contributed by atoms with E-state index in [1.807, 2.05) is 0 Å². The minimum Gasteiger partial charge on any atom is -0.127 e. The number of rotatable bonds is 14. The molecule has 0 spiro atoms. The lowest BCUT2D eigenvalue weighted by Gasteiger charge is -1.98. The third-order valence-corrected chi connectivity index (χ3v) is 3.60. The lowest BCUT2D eigenvalue weighted by molar-refractivity contribution is 0.612. The zero-order valence-corrected chi connectivity index (χ0v) is 13.6. The van der Waals surface area contributed by atoms with E-state index >= 15 is 0 Å². The Morgan fingerprint density at radius 1 is 0.632 bits per heavy atom. The van der Waals surface area contributed by atoms with Crippen LogP contribution in [-0.4, -0.2) is 5.88 Å². The molecule has 0 saturated carbocycles. The first-order valence-electron chi connectivity index (χ1n) is 8.27. The van der Waals surface area contributed by atoms with Crippen LogP contribution in [-0.2, 0) is 0 Å². The Kier molecular flexibility index (Phi) is 17.6. The molecule has 0 aromatic carbocycles. The van der Waals surface area contributed by atoms with Gasteiger partial charge in [-0.3, -0.25) is 0 Å². The Balaban J connectivity index is 3.12. The summed E-state index contributed by atoms with van der Waals surface area (Å²) in [5.74, 6) is 0.828. The Labute approximate surface area is 126 Å². The summed E-state index contributed by atoms with van der Waals surface area (Å²) in [6, 6.07) is 0. The van der Waals surface area contributed by atoms with E-state index in [4.69, 9.17) is 11.6 Å². The standard InChI is InChI=1S/C18H33Cl/c1-2-3-4-5-6-7-8-9-10-11-12-13-14-15-16-17-18-19/h6-7,9-10H,2-5,8,11-18H2,1H3/b7-6+,10-9+. The van der Waals surface area contributed by atoms with Gasteiger partial charge in [0.25, 0.3) is 0 Å². The Bertz CT molecular complexity index is 206. The average molecular weight is 285 g/mol. The molecule has 0 amide bonds. The van der Waals surface area contributed by atoms with E-state index in [1.54, 1.807) is 0 Å². The maximum Gasteiger partial charge on any atom is 0.0223 e. The van der Waals surface area contributed by atoms with Gasteiger partial charge in [-0.2, -0.15) is 0 Å². The zero-order chi connectivity index (χ0) is 14.0. The lowest BCUT2D eigenvalue weighted by Crippen LogP contribution is -1.80. The van der Waals surface area contributed by atoms with Crippen LogP contribution in [0.25, 0.3) is 0 Å². The second-order valence-electron chi connectivity index (χ2n) is 5.27. The molecule has 19 heavy (non-hydrogen) atoms. The normalized spacial score (nSPS) is 11.9. The van der Waals surface area contributed by atoms with Crippen LogP contribution in [0.3, 0.4) is 0 Å². The first-order chi connectivity index (χ1) is 9.41. The monoisotopic (exact) mass is 284 g/mol. The van der Waals surface area contributed by atoms with Crippen LogP contribution >= 0.6 is 11.6 Å². The van der Waals surface area contributed by atoms with Crippen molar-refractivity contribution >= 4 is 11.6 Å². The SMILES string of the molecule is CCCCC/C=C/C/C=C/CCCCCCCCCl. The van der Waals surface area contributed by atoms with Gasteiger partial charge < -0.3 is 0 Å². The number of alkyl halides is 1. The molecule has 0 saturated heterocycles. The fraction of sp³-hybridized carbons (Fsp3) is 0.778. The Hall–Kier alpha value is -0.230. The molecule has 0 heterocycles. The van der Waals surface area contributed by atoms with Crippen molar-refractivity contribution in [3.63, 3.8) is 0 Å². The molecule has 0 aromatic heterocycles. The number of hydrogen-bond acceptors (Lipinski definition) is 0. The first-order valence-corrected chi connectivity index (χ1v) is 8.81. The highest BCUT2D eigenvalue weighted by Gasteiger charge is 1.89. The molecule has 0 aliphatic rings. The summed E-state index contributed by atoms with van der Waals surface area (Å²) < 4.78 is 0. The van der Waals surface area contributed by atoms with Crippen LogP contribution in [0.4, 0.5) is 0 Å². The van der Waals surface area contributed by atoms with Crippen molar-refractivity contribution in [2.45, 2.75) is 84.0 Å². The largest absolute Gasteiger partial charge is 0.127 e. The molecule has 0 fully saturated rings. The zero-order valence-electron chi connectivity index (χ0n) is 12.9. The van der Waals surface area contributed by atoms with Crippen LogP contribution in [0.15, 0.2) is 24.3 Å². The van der Waals surface area contributed by atoms with E-state index in [0.717, 1.165) is 12.3 Å². The van der Waals surface area contributed by atoms with Crippen molar-refractivity contribution in [3.05, 3.63) is 24.3 Å². The van der Waals surface area contributed by atoms with Crippen molar-refractivity contribution in [2.24, 2.45) is 0 Å². The Morgan fingerprint density at radius 3 is 1.74 bits per heavy atom. The summed E-state index contributed by atoms with van der Waals surface area (Å²) in [6.07, 6.45) is 24.9. The fourth-order valence-corrected chi connectivity index (χ4v) is 2.27. The summed E-state index contributed by atoms with van der Waals surface area (Å²) in [4.78, 5) is 0. The quantitative estimate of drug-likeness (QED) is 0.182. The van der Waals surface area contributed by atoms with Crippen LogP contribution in [0.5, 0.6) is 0 Å². The second-order valence-corrected chi connectivity index (χ2v) is 5.65. The van der Waals surface area contributed by atoms with Gasteiger partial charge in [-0.25, -0.2) is 0 Å². The molecule has 112 valence electrons. The van der Waals surface area contributed by atoms with Gasteiger partial charge in [0.05, 0.1) is 0 Å². The molecule has 0 nitrogen and oxygen atoms in total. The van der Waals surface area contributed by atoms with Crippen LogP contribution in [0.1, 0.15) is 84.0 Å². The summed E-state index contributed by atoms with van der Waals surface area (Å²) in [5.41, 5.74) is 0. The van der Waals surface area contributed by atoms with E-state index in [2.05, 4.69) is 31.2 Å². The van der Waals surface area contributed by atoms with Gasteiger partial charge >= 0.3 is 0 Å². The topological polar surface area (TPSA) is 0 Å². The summed E-state index contributed by atoms with van der Waals surface area (Å²) in [7, 11) is 0. The first kappa shape index (κ1) is 18.8. The third-order valence-electron chi connectivity index (χ3n) is 3.33. The van der Waals surface area contributed by atoms with E-state index in [-0.39, 0.29) is 0 Å². The second kappa shape index (κ2) is 17.8. The van der Waals surface area contributed by atoms with Crippen molar-refractivity contribution in [2.75, 3.05) is 5.88 Å². The third kappa shape index (κ3) is 17.8. The molecule has 0 aromatic rings. The number of hydrogen-bond donors (Lipinski definition) is 0. The number of unbranched alkanes of at least 4 members (excludes halogenated alkanes) is 9. The molecule has 1 heteroatoms. The van der Waals surface area contributed by atoms with Gasteiger partial charge in [-0.15, -0.1) is 11.6 Å². The smallest absolute Gasteiger partial charge is 0.0223 e. The highest BCUT2D eigenvalue weighted by molar-refractivity contribution is 6.17. The molecule has 0 aliphatic carbocycles. The van der Waals surface area contributed by atoms with E-state index < -0.39 is 0 Å². The van der Waals surface area contributed by atoms with E-state index in [1.165, 1.54) is 70.6 Å². The van der Waals surface area contributed by atoms with Crippen molar-refractivity contribution < 1.29 is 0 Å². The van der Waals surface area contributed by atoms with Gasteiger partial charge in [0.1, 0.15) is 0 Å². The van der Waals surface area contributed by atoms with Gasteiger partial charge in [0.2, 0.25) is 0 Å². The van der Waals surface area contributed by atoms with Gasteiger partial charge in [0, 0.05) is 5.88 Å². The Morgan fingerprint density at radius 2 is 1.16 bits per heavy atom. The summed E-state index contributed by atoms with van der Waals surface area (Å²) in [6.45, 7) is 2.25. The van der Waals surface area contributed by atoms with Gasteiger partial charge in [-0.1, -0.05) is 69.8 Å². The number of halogens is 1. The van der Waals surface area contributed by atoms with Crippen LogP contribution < -0.4 is 0 Å². The molecule has 0 rings (SSSR count). The molecule has 0 bridgehead atoms. The predicted molar refractivity (Wildman–Crippen MR) is 90.1 cm³/mol. The maximum atomic E-state index is 5.65. The van der Waals surface area contributed by atoms with Crippen molar-refractivity contribution in [1.82, 2.24) is 0 Å². The predicted octanol–water partition coefficient (Wildman–Crippen LogP) is 7.04. The van der Waals surface area contributed by atoms with Crippen LogP contribution in [0, 0.1) is 0 Å². The maximum absolute atomic E-state index is 5.65. The van der Waals surface area contributed by atoms with Gasteiger partial charge in [-0.05, 0) is 38.5 Å². The van der Waals surface area contributed by atoms with Crippen LogP contribution in [0.2, 0.25) is 0 Å². The van der Waals surface area contributed by atoms with Crippen molar-refractivity contribution in [1.29, 1.82) is 0 Å². The number of allylic oxidation sites excluding steroid dienone is 4. The molecular weight excluding hydrogens is 252 g/mol. The summed E-state index contributed by atoms with van der Waals surface area (Å²) >= 11 is 5.65. The molecule has 0 N–H and O–H groups in total. The average Bonchev–Trinajstić information content (AvgIpc) is 2.43. The minimum absolute atomic E-state index is 0.828. The minimum atomic E-state index is 0.828. The van der Waals surface area contributed by atoms with E-state index in [0.29, 0.717) is 0 Å². The van der Waals surface area contributed by atoms with Crippen molar-refractivity contribution in [3.8, 4) is 0 Å². The molecule has 0 unspecified atom stereocenters. The highest BCUT2D eigenvalue weighted by Crippen LogP contribution is 2.08. The molecule has 0 atom stereocenters.